The van der Waals surface area contributed by atoms with Crippen LogP contribution in [0.4, 0.5) is 5.13 Å². The second-order valence-corrected chi connectivity index (χ2v) is 6.53. The molecule has 0 aromatic carbocycles. The molecule has 98 valence electrons. The third kappa shape index (κ3) is 2.86. The highest BCUT2D eigenvalue weighted by Crippen LogP contribution is 2.20. The van der Waals surface area contributed by atoms with Crippen molar-refractivity contribution in [2.75, 3.05) is 11.3 Å². The number of hydrogen-bond donors (Lipinski definition) is 2. The lowest BCUT2D eigenvalue weighted by atomic mass is 10.6. The average molecular weight is 287 g/mol. The number of hydrogen-bond acceptors (Lipinski definition) is 6. The minimum Gasteiger partial charge on any atom is -0.329 e. The zero-order valence-corrected chi connectivity index (χ0v) is 11.3. The van der Waals surface area contributed by atoms with Gasteiger partial charge in [-0.3, -0.25) is 9.40 Å². The standard InChI is InChI=1S/C9H13N5O2S2/c1-7-4-11-9(17-7)13-18(15,16)8-5-12-14(6-8)3-2-10/h4-6H,2-3,10H2,1H3,(H,11,13). The van der Waals surface area contributed by atoms with Gasteiger partial charge in [0, 0.05) is 23.8 Å². The van der Waals surface area contributed by atoms with Gasteiger partial charge in [-0.2, -0.15) is 5.10 Å². The number of aryl methyl sites for hydroxylation is 1. The van der Waals surface area contributed by atoms with E-state index in [-0.39, 0.29) is 4.90 Å². The van der Waals surface area contributed by atoms with E-state index in [0.717, 1.165) is 4.88 Å². The Balaban J connectivity index is 2.19. The molecule has 0 atom stereocenters. The van der Waals surface area contributed by atoms with Crippen molar-refractivity contribution in [2.24, 2.45) is 5.73 Å². The van der Waals surface area contributed by atoms with Crippen molar-refractivity contribution in [1.29, 1.82) is 0 Å². The SMILES string of the molecule is Cc1cnc(NS(=O)(=O)c2cnn(CCN)c2)s1. The van der Waals surface area contributed by atoms with Gasteiger partial charge in [0.05, 0.1) is 12.7 Å². The summed E-state index contributed by atoms with van der Waals surface area (Å²) in [7, 11) is -3.62. The largest absolute Gasteiger partial charge is 0.329 e. The summed E-state index contributed by atoms with van der Waals surface area (Å²) in [6.45, 7) is 2.74. The van der Waals surface area contributed by atoms with Crippen LogP contribution < -0.4 is 10.5 Å². The zero-order chi connectivity index (χ0) is 13.2. The van der Waals surface area contributed by atoms with Crippen LogP contribution in [0.15, 0.2) is 23.5 Å². The van der Waals surface area contributed by atoms with Gasteiger partial charge in [-0.15, -0.1) is 11.3 Å². The molecule has 0 radical (unpaired) electrons. The van der Waals surface area contributed by atoms with Crippen LogP contribution in [0, 0.1) is 6.92 Å². The van der Waals surface area contributed by atoms with Crippen molar-refractivity contribution in [3.8, 4) is 0 Å². The molecule has 0 aliphatic rings. The maximum absolute atomic E-state index is 12.0. The predicted octanol–water partition coefficient (Wildman–Crippen LogP) is 0.408. The van der Waals surface area contributed by atoms with Crippen LogP contribution in [-0.2, 0) is 16.6 Å². The average Bonchev–Trinajstić information content (AvgIpc) is 2.88. The van der Waals surface area contributed by atoms with Crippen LogP contribution in [-0.4, -0.2) is 29.7 Å². The Morgan fingerprint density at radius 1 is 1.50 bits per heavy atom. The summed E-state index contributed by atoms with van der Waals surface area (Å²) in [5, 5.41) is 4.27. The first-order valence-corrected chi connectivity index (χ1v) is 7.49. The first-order valence-electron chi connectivity index (χ1n) is 5.19. The number of nitrogens with two attached hydrogens (primary N) is 1. The first kappa shape index (κ1) is 13.0. The van der Waals surface area contributed by atoms with Crippen LogP contribution in [0.5, 0.6) is 0 Å². The summed E-state index contributed by atoms with van der Waals surface area (Å²) in [6.07, 6.45) is 4.34. The number of sulfonamides is 1. The molecule has 2 aromatic heterocycles. The molecule has 2 heterocycles. The van der Waals surface area contributed by atoms with Gasteiger partial charge in [0.1, 0.15) is 4.90 Å². The third-order valence-electron chi connectivity index (χ3n) is 2.12. The van der Waals surface area contributed by atoms with Gasteiger partial charge < -0.3 is 5.73 Å². The predicted molar refractivity (Wildman–Crippen MR) is 68.9 cm³/mol. The van der Waals surface area contributed by atoms with Crippen LogP contribution in [0.25, 0.3) is 0 Å². The second-order valence-electron chi connectivity index (χ2n) is 3.61. The van der Waals surface area contributed by atoms with Crippen LogP contribution >= 0.6 is 11.3 Å². The van der Waals surface area contributed by atoms with Crippen LogP contribution in [0.3, 0.4) is 0 Å². The summed E-state index contributed by atoms with van der Waals surface area (Å²) in [5.41, 5.74) is 5.37. The van der Waals surface area contributed by atoms with E-state index >= 15 is 0 Å². The smallest absolute Gasteiger partial charge is 0.266 e. The zero-order valence-electron chi connectivity index (χ0n) is 9.70. The Labute approximate surface area is 109 Å². The number of aromatic nitrogens is 3. The van der Waals surface area contributed by atoms with Gasteiger partial charge in [-0.05, 0) is 6.92 Å². The fraction of sp³-hybridized carbons (Fsp3) is 0.333. The Morgan fingerprint density at radius 3 is 2.89 bits per heavy atom. The monoisotopic (exact) mass is 287 g/mol. The van der Waals surface area contributed by atoms with E-state index in [9.17, 15) is 8.42 Å². The quantitative estimate of drug-likeness (QED) is 0.829. The number of anilines is 1. The van der Waals surface area contributed by atoms with Crippen molar-refractivity contribution in [3.63, 3.8) is 0 Å². The molecule has 0 spiro atoms. The number of thiazole rings is 1. The van der Waals surface area contributed by atoms with Crippen molar-refractivity contribution >= 4 is 26.5 Å². The van der Waals surface area contributed by atoms with Gasteiger partial charge in [0.2, 0.25) is 0 Å². The molecular formula is C9H13N5O2S2. The van der Waals surface area contributed by atoms with E-state index in [1.807, 2.05) is 6.92 Å². The molecule has 7 nitrogen and oxygen atoms in total. The van der Waals surface area contributed by atoms with E-state index < -0.39 is 10.0 Å². The van der Waals surface area contributed by atoms with E-state index in [1.54, 1.807) is 6.20 Å². The lowest BCUT2D eigenvalue weighted by molar-refractivity contribution is 0.599. The summed E-state index contributed by atoms with van der Waals surface area (Å²) in [5.74, 6) is 0. The Morgan fingerprint density at radius 2 is 2.28 bits per heavy atom. The maximum atomic E-state index is 12.0. The van der Waals surface area contributed by atoms with Crippen molar-refractivity contribution in [3.05, 3.63) is 23.5 Å². The summed E-state index contributed by atoms with van der Waals surface area (Å²) in [4.78, 5) is 4.99. The lowest BCUT2D eigenvalue weighted by Gasteiger charge is -2.01. The molecule has 0 saturated heterocycles. The fourth-order valence-electron chi connectivity index (χ4n) is 1.31. The van der Waals surface area contributed by atoms with E-state index in [4.69, 9.17) is 5.73 Å². The van der Waals surface area contributed by atoms with Gasteiger partial charge in [-0.1, -0.05) is 0 Å². The highest BCUT2D eigenvalue weighted by atomic mass is 32.2. The molecule has 0 fully saturated rings. The van der Waals surface area contributed by atoms with Crippen molar-refractivity contribution < 1.29 is 8.42 Å². The molecule has 3 N–H and O–H groups in total. The van der Waals surface area contributed by atoms with Crippen molar-refractivity contribution in [1.82, 2.24) is 14.8 Å². The second kappa shape index (κ2) is 5.04. The van der Waals surface area contributed by atoms with Gasteiger partial charge in [-0.25, -0.2) is 13.4 Å². The van der Waals surface area contributed by atoms with E-state index in [2.05, 4.69) is 14.8 Å². The minimum absolute atomic E-state index is 0.101. The van der Waals surface area contributed by atoms with E-state index in [1.165, 1.54) is 28.4 Å². The van der Waals surface area contributed by atoms with Crippen LogP contribution in [0.2, 0.25) is 0 Å². The summed E-state index contributed by atoms with van der Waals surface area (Å²) < 4.78 is 27.9. The third-order valence-corrected chi connectivity index (χ3v) is 4.37. The maximum Gasteiger partial charge on any atom is 0.266 e. The Kier molecular flexibility index (Phi) is 3.64. The number of rotatable bonds is 5. The molecule has 2 aromatic rings. The van der Waals surface area contributed by atoms with E-state index in [0.29, 0.717) is 18.2 Å². The number of nitrogens with one attached hydrogen (secondary N) is 1. The number of nitrogens with zero attached hydrogens (tertiary/aromatic N) is 3. The minimum atomic E-state index is -3.62. The first-order chi connectivity index (χ1) is 8.51. The molecule has 0 unspecified atom stereocenters. The Bertz CT molecular complexity index is 631. The van der Waals surface area contributed by atoms with Gasteiger partial charge in [0.25, 0.3) is 10.0 Å². The molecule has 9 heteroatoms. The molecule has 18 heavy (non-hydrogen) atoms. The molecule has 0 aliphatic carbocycles. The molecule has 0 aliphatic heterocycles. The normalized spacial score (nSPS) is 11.7. The topological polar surface area (TPSA) is 103 Å². The summed E-state index contributed by atoms with van der Waals surface area (Å²) in [6, 6.07) is 0. The highest BCUT2D eigenvalue weighted by Gasteiger charge is 2.17. The van der Waals surface area contributed by atoms with Gasteiger partial charge in [0.15, 0.2) is 5.13 Å². The highest BCUT2D eigenvalue weighted by molar-refractivity contribution is 7.93. The van der Waals surface area contributed by atoms with Crippen LogP contribution in [0.1, 0.15) is 4.88 Å². The summed E-state index contributed by atoms with van der Waals surface area (Å²) >= 11 is 1.28. The van der Waals surface area contributed by atoms with Crippen molar-refractivity contribution in [2.45, 2.75) is 18.4 Å². The molecule has 0 bridgehead atoms. The Hall–Kier alpha value is -1.45. The molecular weight excluding hydrogens is 274 g/mol. The lowest BCUT2D eigenvalue weighted by Crippen LogP contribution is -2.13. The van der Waals surface area contributed by atoms with Gasteiger partial charge >= 0.3 is 0 Å². The fourth-order valence-corrected chi connectivity index (χ4v) is 3.17. The molecule has 0 amide bonds. The molecule has 0 saturated carbocycles. The molecule has 2 rings (SSSR count).